The van der Waals surface area contributed by atoms with Gasteiger partial charge < -0.3 is 5.11 Å². The van der Waals surface area contributed by atoms with Gasteiger partial charge in [0, 0.05) is 12.3 Å². The first kappa shape index (κ1) is 11.1. The summed E-state index contributed by atoms with van der Waals surface area (Å²) in [6.07, 6.45) is 1.10. The molecule has 0 atom stereocenters. The van der Waals surface area contributed by atoms with Crippen LogP contribution in [0.5, 0.6) is 0 Å². The van der Waals surface area contributed by atoms with Crippen molar-refractivity contribution in [3.05, 3.63) is 64.3 Å². The third-order valence-corrected chi connectivity index (χ3v) is 2.27. The molecule has 0 unspecified atom stereocenters. The lowest BCUT2D eigenvalue weighted by Crippen LogP contribution is -2.19. The maximum Gasteiger partial charge on any atom is 0.337 e. The number of aromatic carboxylic acids is 1. The zero-order valence-electron chi connectivity index (χ0n) is 8.63. The van der Waals surface area contributed by atoms with E-state index in [1.54, 1.807) is 6.07 Å². The predicted molar refractivity (Wildman–Crippen MR) is 59.0 cm³/mol. The van der Waals surface area contributed by atoms with Gasteiger partial charge in [-0.15, -0.1) is 0 Å². The summed E-state index contributed by atoms with van der Waals surface area (Å²) in [7, 11) is 0. The summed E-state index contributed by atoms with van der Waals surface area (Å²) in [5, 5.41) is 8.81. The van der Waals surface area contributed by atoms with Gasteiger partial charge in [0.1, 0.15) is 5.82 Å². The fourth-order valence-corrected chi connectivity index (χ4v) is 1.45. The van der Waals surface area contributed by atoms with E-state index in [1.165, 1.54) is 24.3 Å². The lowest BCUT2D eigenvalue weighted by atomic mass is 10.2. The number of hydrogen-bond donors (Lipinski definition) is 1. The van der Waals surface area contributed by atoms with Crippen molar-refractivity contribution in [1.29, 1.82) is 0 Å². The van der Waals surface area contributed by atoms with E-state index >= 15 is 0 Å². The van der Waals surface area contributed by atoms with Gasteiger partial charge in [0.05, 0.1) is 11.3 Å². The second-order valence-corrected chi connectivity index (χ2v) is 3.38. The summed E-state index contributed by atoms with van der Waals surface area (Å²) >= 11 is 0. The largest absolute Gasteiger partial charge is 0.478 e. The van der Waals surface area contributed by atoms with Crippen LogP contribution in [-0.4, -0.2) is 15.6 Å². The van der Waals surface area contributed by atoms with E-state index in [0.29, 0.717) is 0 Å². The molecule has 1 heterocycles. The second-order valence-electron chi connectivity index (χ2n) is 3.38. The summed E-state index contributed by atoms with van der Waals surface area (Å²) in [5.41, 5.74) is -0.534. The Kier molecular flexibility index (Phi) is 2.74. The van der Waals surface area contributed by atoms with E-state index in [1.807, 2.05) is 0 Å². The van der Waals surface area contributed by atoms with E-state index in [9.17, 15) is 14.0 Å². The monoisotopic (exact) mass is 233 g/mol. The molecular formula is C12H8FNO3. The number of aromatic nitrogens is 1. The van der Waals surface area contributed by atoms with Crippen molar-refractivity contribution in [2.45, 2.75) is 0 Å². The molecule has 1 aromatic heterocycles. The van der Waals surface area contributed by atoms with Crippen LogP contribution in [0.3, 0.4) is 0 Å². The zero-order chi connectivity index (χ0) is 12.4. The van der Waals surface area contributed by atoms with Gasteiger partial charge in [-0.1, -0.05) is 12.1 Å². The summed E-state index contributed by atoms with van der Waals surface area (Å²) in [5.74, 6) is -1.76. The van der Waals surface area contributed by atoms with Crippen molar-refractivity contribution in [1.82, 2.24) is 4.57 Å². The van der Waals surface area contributed by atoms with Crippen LogP contribution in [0.4, 0.5) is 4.39 Å². The van der Waals surface area contributed by atoms with Gasteiger partial charge in [0.2, 0.25) is 0 Å². The number of carboxylic acids is 1. The molecule has 0 aliphatic rings. The van der Waals surface area contributed by atoms with E-state index in [2.05, 4.69) is 0 Å². The van der Waals surface area contributed by atoms with E-state index in [4.69, 9.17) is 5.11 Å². The molecule has 0 fully saturated rings. The highest BCUT2D eigenvalue weighted by atomic mass is 19.1. The Balaban J connectivity index is 2.67. The van der Waals surface area contributed by atoms with E-state index in [0.717, 1.165) is 16.8 Å². The standard InChI is InChI=1S/C12H8FNO3/c13-9-3-1-2-4-10(9)14-7-8(12(16)17)5-6-11(14)15/h1-7H,(H,16,17). The molecule has 1 aromatic carbocycles. The molecule has 0 spiro atoms. The highest BCUT2D eigenvalue weighted by Gasteiger charge is 2.09. The summed E-state index contributed by atoms with van der Waals surface area (Å²) in [6, 6.07) is 7.94. The van der Waals surface area contributed by atoms with Crippen molar-refractivity contribution in [3.63, 3.8) is 0 Å². The first-order valence-electron chi connectivity index (χ1n) is 4.80. The minimum atomic E-state index is -1.17. The third-order valence-electron chi connectivity index (χ3n) is 2.27. The van der Waals surface area contributed by atoms with Crippen LogP contribution < -0.4 is 5.56 Å². The number of carbonyl (C=O) groups is 1. The number of para-hydroxylation sites is 1. The highest BCUT2D eigenvalue weighted by Crippen LogP contribution is 2.11. The maximum atomic E-state index is 13.5. The Morgan fingerprint density at radius 3 is 2.53 bits per heavy atom. The molecule has 2 rings (SSSR count). The molecule has 86 valence electrons. The van der Waals surface area contributed by atoms with Gasteiger partial charge in [-0.25, -0.2) is 9.18 Å². The van der Waals surface area contributed by atoms with Crippen LogP contribution in [0.2, 0.25) is 0 Å². The smallest absolute Gasteiger partial charge is 0.337 e. The molecule has 5 heteroatoms. The average Bonchev–Trinajstić information content (AvgIpc) is 2.30. The first-order chi connectivity index (χ1) is 8.09. The molecule has 0 bridgehead atoms. The van der Waals surface area contributed by atoms with Crippen molar-refractivity contribution in [2.75, 3.05) is 0 Å². The quantitative estimate of drug-likeness (QED) is 0.858. The second kappa shape index (κ2) is 4.21. The molecule has 0 aliphatic heterocycles. The minimum Gasteiger partial charge on any atom is -0.478 e. The number of nitrogens with zero attached hydrogens (tertiary/aromatic N) is 1. The van der Waals surface area contributed by atoms with Gasteiger partial charge in [-0.3, -0.25) is 9.36 Å². The van der Waals surface area contributed by atoms with Crippen LogP contribution in [0.15, 0.2) is 47.4 Å². The van der Waals surface area contributed by atoms with E-state index in [-0.39, 0.29) is 11.3 Å². The normalized spacial score (nSPS) is 10.2. The fraction of sp³-hybridized carbons (Fsp3) is 0. The lowest BCUT2D eigenvalue weighted by molar-refractivity contribution is 0.0696. The summed E-state index contributed by atoms with van der Waals surface area (Å²) in [4.78, 5) is 22.3. The van der Waals surface area contributed by atoms with Crippen LogP contribution in [0.1, 0.15) is 10.4 Å². The average molecular weight is 233 g/mol. The molecule has 0 saturated heterocycles. The van der Waals surface area contributed by atoms with Crippen molar-refractivity contribution in [2.24, 2.45) is 0 Å². The predicted octanol–water partition coefficient (Wildman–Crippen LogP) is 1.67. The zero-order valence-corrected chi connectivity index (χ0v) is 8.63. The number of halogens is 1. The highest BCUT2D eigenvalue weighted by molar-refractivity contribution is 5.87. The summed E-state index contributed by atoms with van der Waals surface area (Å²) < 4.78 is 14.5. The number of carboxylic acid groups (broad SMARTS) is 1. The van der Waals surface area contributed by atoms with Gasteiger partial charge in [0.15, 0.2) is 0 Å². The molecule has 1 N–H and O–H groups in total. The van der Waals surface area contributed by atoms with Gasteiger partial charge in [0.25, 0.3) is 5.56 Å². The molecule has 2 aromatic rings. The Hall–Kier alpha value is -2.43. The fourth-order valence-electron chi connectivity index (χ4n) is 1.45. The maximum absolute atomic E-state index is 13.5. The van der Waals surface area contributed by atoms with Gasteiger partial charge >= 0.3 is 5.97 Å². The lowest BCUT2D eigenvalue weighted by Gasteiger charge is -2.07. The van der Waals surface area contributed by atoms with Crippen molar-refractivity contribution in [3.8, 4) is 5.69 Å². The van der Waals surface area contributed by atoms with Crippen LogP contribution >= 0.6 is 0 Å². The van der Waals surface area contributed by atoms with Crippen molar-refractivity contribution >= 4 is 5.97 Å². The number of benzene rings is 1. The van der Waals surface area contributed by atoms with Gasteiger partial charge in [-0.2, -0.15) is 0 Å². The first-order valence-corrected chi connectivity index (χ1v) is 4.80. The molecule has 0 amide bonds. The van der Waals surface area contributed by atoms with Gasteiger partial charge in [-0.05, 0) is 18.2 Å². The van der Waals surface area contributed by atoms with Crippen molar-refractivity contribution < 1.29 is 14.3 Å². The topological polar surface area (TPSA) is 59.3 Å². The molecule has 0 radical (unpaired) electrons. The SMILES string of the molecule is O=C(O)c1ccc(=O)n(-c2ccccc2F)c1. The number of rotatable bonds is 2. The van der Waals surface area contributed by atoms with E-state index < -0.39 is 17.3 Å². The van der Waals surface area contributed by atoms with Crippen LogP contribution in [-0.2, 0) is 0 Å². The third kappa shape index (κ3) is 2.08. The Morgan fingerprint density at radius 2 is 1.88 bits per heavy atom. The molecule has 0 aliphatic carbocycles. The molecule has 0 saturated carbocycles. The number of hydrogen-bond acceptors (Lipinski definition) is 2. The molecule has 17 heavy (non-hydrogen) atoms. The summed E-state index contributed by atoms with van der Waals surface area (Å²) in [6.45, 7) is 0. The Labute approximate surface area is 95.6 Å². The minimum absolute atomic E-state index is 0.0283. The Bertz CT molecular complexity index is 634. The van der Waals surface area contributed by atoms with Crippen LogP contribution in [0, 0.1) is 5.82 Å². The van der Waals surface area contributed by atoms with Crippen LogP contribution in [0.25, 0.3) is 5.69 Å². The molecular weight excluding hydrogens is 225 g/mol. The number of pyridine rings is 1. The Morgan fingerprint density at radius 1 is 1.18 bits per heavy atom. The molecule has 4 nitrogen and oxygen atoms in total.